The molecule has 1 aromatic heterocycles. The van der Waals surface area contributed by atoms with Gasteiger partial charge in [0.25, 0.3) is 5.91 Å². The number of imide groups is 1. The van der Waals surface area contributed by atoms with Gasteiger partial charge in [0.15, 0.2) is 0 Å². The number of anilines is 1. The van der Waals surface area contributed by atoms with Gasteiger partial charge in [-0.2, -0.15) is 0 Å². The van der Waals surface area contributed by atoms with E-state index in [2.05, 4.69) is 15.6 Å². The van der Waals surface area contributed by atoms with Crippen LogP contribution in [0.2, 0.25) is 0 Å². The molecule has 2 N–H and O–H groups in total. The molecule has 28 heavy (non-hydrogen) atoms. The number of nitrogens with zero attached hydrogens (tertiary/aromatic N) is 2. The van der Waals surface area contributed by atoms with Gasteiger partial charge in [0.2, 0.25) is 11.8 Å². The highest BCUT2D eigenvalue weighted by molar-refractivity contribution is 6.04. The molecule has 3 rings (SSSR count). The lowest BCUT2D eigenvalue weighted by molar-refractivity contribution is -0.127. The molecule has 146 valence electrons. The minimum Gasteiger partial charge on any atom is -0.481 e. The second-order valence-corrected chi connectivity index (χ2v) is 6.40. The topological polar surface area (TPSA) is 101 Å². The van der Waals surface area contributed by atoms with E-state index in [-0.39, 0.29) is 24.7 Å². The normalized spacial score (nSPS) is 16.0. The first kappa shape index (κ1) is 19.3. The molecule has 0 bridgehead atoms. The molecular weight excluding hydrogens is 360 g/mol. The summed E-state index contributed by atoms with van der Waals surface area (Å²) in [6.07, 6.45) is 2.43. The van der Waals surface area contributed by atoms with E-state index in [0.717, 1.165) is 5.56 Å². The third kappa shape index (κ3) is 4.85. The first-order valence-corrected chi connectivity index (χ1v) is 9.02. The summed E-state index contributed by atoms with van der Waals surface area (Å²) >= 11 is 0. The van der Waals surface area contributed by atoms with Crippen molar-refractivity contribution in [3.05, 3.63) is 54.2 Å². The quantitative estimate of drug-likeness (QED) is 0.680. The predicted octanol–water partition coefficient (Wildman–Crippen LogP) is 1.97. The Bertz CT molecular complexity index is 839. The van der Waals surface area contributed by atoms with Crippen LogP contribution in [0.15, 0.2) is 48.7 Å². The van der Waals surface area contributed by atoms with Crippen LogP contribution in [0.5, 0.6) is 5.88 Å². The second-order valence-electron chi connectivity index (χ2n) is 6.40. The Kier molecular flexibility index (Phi) is 6.21. The van der Waals surface area contributed by atoms with Crippen LogP contribution in [-0.2, 0) is 16.0 Å². The van der Waals surface area contributed by atoms with Crippen molar-refractivity contribution in [3.63, 3.8) is 0 Å². The van der Waals surface area contributed by atoms with Crippen molar-refractivity contribution in [2.75, 3.05) is 19.0 Å². The fourth-order valence-electron chi connectivity index (χ4n) is 2.94. The molecule has 2 heterocycles. The van der Waals surface area contributed by atoms with Gasteiger partial charge >= 0.3 is 6.03 Å². The van der Waals surface area contributed by atoms with Crippen molar-refractivity contribution < 1.29 is 19.1 Å². The van der Waals surface area contributed by atoms with Crippen LogP contribution in [-0.4, -0.2) is 47.4 Å². The number of urea groups is 1. The van der Waals surface area contributed by atoms with Crippen molar-refractivity contribution >= 4 is 23.5 Å². The number of amides is 4. The van der Waals surface area contributed by atoms with Crippen molar-refractivity contribution in [1.82, 2.24) is 15.2 Å². The number of methoxy groups -OCH3 is 1. The van der Waals surface area contributed by atoms with Gasteiger partial charge in [-0.15, -0.1) is 0 Å². The van der Waals surface area contributed by atoms with E-state index in [1.807, 2.05) is 30.3 Å². The van der Waals surface area contributed by atoms with Gasteiger partial charge in [0, 0.05) is 19.0 Å². The molecule has 0 spiro atoms. The number of carbonyl (C=O) groups is 3. The van der Waals surface area contributed by atoms with Crippen LogP contribution in [0.4, 0.5) is 10.5 Å². The maximum atomic E-state index is 12.5. The Hall–Kier alpha value is -3.42. The minimum absolute atomic E-state index is 0.106. The van der Waals surface area contributed by atoms with Crippen molar-refractivity contribution in [2.45, 2.75) is 25.3 Å². The molecule has 1 aliphatic heterocycles. The van der Waals surface area contributed by atoms with Gasteiger partial charge in [-0.05, 0) is 24.5 Å². The third-order valence-electron chi connectivity index (χ3n) is 4.46. The first-order chi connectivity index (χ1) is 13.6. The molecule has 1 fully saturated rings. The van der Waals surface area contributed by atoms with E-state index in [1.54, 1.807) is 12.1 Å². The Morgan fingerprint density at radius 1 is 1.21 bits per heavy atom. The molecular formula is C20H22N4O4. The lowest BCUT2D eigenvalue weighted by atomic mass is 10.1. The van der Waals surface area contributed by atoms with E-state index >= 15 is 0 Å². The Balaban J connectivity index is 1.47. The molecule has 0 aliphatic carbocycles. The number of nitrogens with one attached hydrogen (secondary N) is 2. The highest BCUT2D eigenvalue weighted by atomic mass is 16.5. The van der Waals surface area contributed by atoms with Crippen LogP contribution >= 0.6 is 0 Å². The molecule has 1 aliphatic rings. The summed E-state index contributed by atoms with van der Waals surface area (Å²) in [5.74, 6) is -0.0931. The molecule has 4 amide bonds. The number of ether oxygens (including phenoxy) is 1. The largest absolute Gasteiger partial charge is 0.481 e. The van der Waals surface area contributed by atoms with Crippen LogP contribution in [0.25, 0.3) is 0 Å². The molecule has 8 heteroatoms. The SMILES string of the molecule is COc1ccc(NC(=O)CCC2NC(=O)N(CCc3ccccc3)C2=O)cn1. The molecule has 8 nitrogen and oxygen atoms in total. The zero-order chi connectivity index (χ0) is 19.9. The van der Waals surface area contributed by atoms with E-state index in [9.17, 15) is 14.4 Å². The zero-order valence-electron chi connectivity index (χ0n) is 15.6. The highest BCUT2D eigenvalue weighted by Crippen LogP contribution is 2.15. The lowest BCUT2D eigenvalue weighted by Crippen LogP contribution is -2.33. The van der Waals surface area contributed by atoms with Gasteiger partial charge in [-0.25, -0.2) is 9.78 Å². The molecule has 1 unspecified atom stereocenters. The zero-order valence-corrected chi connectivity index (χ0v) is 15.6. The maximum Gasteiger partial charge on any atom is 0.324 e. The lowest BCUT2D eigenvalue weighted by Gasteiger charge is -2.13. The minimum atomic E-state index is -0.678. The summed E-state index contributed by atoms with van der Waals surface area (Å²) in [6, 6.07) is 11.9. The second kappa shape index (κ2) is 8.98. The predicted molar refractivity (Wildman–Crippen MR) is 103 cm³/mol. The van der Waals surface area contributed by atoms with Crippen molar-refractivity contribution in [1.29, 1.82) is 0 Å². The number of carbonyl (C=O) groups excluding carboxylic acids is 3. The summed E-state index contributed by atoms with van der Waals surface area (Å²) in [5.41, 5.74) is 1.59. The van der Waals surface area contributed by atoms with E-state index in [0.29, 0.717) is 24.5 Å². The number of hydrogen-bond donors (Lipinski definition) is 2. The van der Waals surface area contributed by atoms with Crippen LogP contribution in [0, 0.1) is 0 Å². The summed E-state index contributed by atoms with van der Waals surface area (Å²) in [7, 11) is 1.51. The van der Waals surface area contributed by atoms with Gasteiger partial charge in [0.05, 0.1) is 19.0 Å². The fraction of sp³-hybridized carbons (Fsp3) is 0.300. The van der Waals surface area contributed by atoms with E-state index in [1.165, 1.54) is 18.2 Å². The molecule has 1 aromatic carbocycles. The standard InChI is InChI=1S/C20H22N4O4/c1-28-18-10-7-15(13-21-18)22-17(25)9-8-16-19(26)24(20(27)23-16)12-11-14-5-3-2-4-6-14/h2-7,10,13,16H,8-9,11-12H2,1H3,(H,22,25)(H,23,27). The molecule has 0 saturated carbocycles. The van der Waals surface area contributed by atoms with Crippen LogP contribution < -0.4 is 15.4 Å². The molecule has 1 saturated heterocycles. The number of rotatable bonds is 8. The van der Waals surface area contributed by atoms with Crippen molar-refractivity contribution in [2.24, 2.45) is 0 Å². The fourth-order valence-corrected chi connectivity index (χ4v) is 2.94. The third-order valence-corrected chi connectivity index (χ3v) is 4.46. The van der Waals surface area contributed by atoms with E-state index < -0.39 is 12.1 Å². The maximum absolute atomic E-state index is 12.5. The van der Waals surface area contributed by atoms with Gasteiger partial charge in [-0.3, -0.25) is 14.5 Å². The summed E-state index contributed by atoms with van der Waals surface area (Å²) in [4.78, 5) is 41.9. The average molecular weight is 382 g/mol. The van der Waals surface area contributed by atoms with Gasteiger partial charge < -0.3 is 15.4 Å². The van der Waals surface area contributed by atoms with Crippen LogP contribution in [0.1, 0.15) is 18.4 Å². The first-order valence-electron chi connectivity index (χ1n) is 9.02. The van der Waals surface area contributed by atoms with Crippen molar-refractivity contribution in [3.8, 4) is 5.88 Å². The Labute approximate surface area is 162 Å². The smallest absolute Gasteiger partial charge is 0.324 e. The number of benzene rings is 1. The van der Waals surface area contributed by atoms with Gasteiger partial charge in [-0.1, -0.05) is 30.3 Å². The highest BCUT2D eigenvalue weighted by Gasteiger charge is 2.37. The molecule has 1 atom stereocenters. The average Bonchev–Trinajstić information content (AvgIpc) is 2.99. The van der Waals surface area contributed by atoms with Crippen LogP contribution in [0.3, 0.4) is 0 Å². The summed E-state index contributed by atoms with van der Waals surface area (Å²) in [6.45, 7) is 0.314. The monoisotopic (exact) mass is 382 g/mol. The van der Waals surface area contributed by atoms with Gasteiger partial charge in [0.1, 0.15) is 6.04 Å². The number of aromatic nitrogens is 1. The molecule has 0 radical (unpaired) electrons. The summed E-state index contributed by atoms with van der Waals surface area (Å²) in [5, 5.41) is 5.36. The number of pyridine rings is 1. The Morgan fingerprint density at radius 3 is 2.68 bits per heavy atom. The Morgan fingerprint density at radius 2 is 2.00 bits per heavy atom. The van der Waals surface area contributed by atoms with E-state index in [4.69, 9.17) is 4.74 Å². The molecule has 2 aromatic rings. The number of hydrogen-bond acceptors (Lipinski definition) is 5. The summed E-state index contributed by atoms with van der Waals surface area (Å²) < 4.78 is 4.96.